The summed E-state index contributed by atoms with van der Waals surface area (Å²) < 4.78 is 8.30. The molecule has 0 unspecified atom stereocenters. The lowest BCUT2D eigenvalue weighted by molar-refractivity contribution is 0.293. The summed E-state index contributed by atoms with van der Waals surface area (Å²) >= 11 is 0. The van der Waals surface area contributed by atoms with Crippen molar-refractivity contribution in [2.45, 2.75) is 33.4 Å². The largest absolute Gasteiger partial charge is 0.487 e. The Kier molecular flexibility index (Phi) is 3.70. The first-order chi connectivity index (χ1) is 10.1. The van der Waals surface area contributed by atoms with Crippen LogP contribution in [0.4, 0.5) is 0 Å². The molecular formula is C19H21NO. The van der Waals surface area contributed by atoms with Crippen molar-refractivity contribution in [3.05, 3.63) is 65.9 Å². The van der Waals surface area contributed by atoms with Crippen LogP contribution < -0.4 is 4.74 Å². The third-order valence-corrected chi connectivity index (χ3v) is 3.75. The molecule has 1 heterocycles. The number of nitrogens with zero attached hydrogens (tertiary/aromatic N) is 1. The Labute approximate surface area is 126 Å². The van der Waals surface area contributed by atoms with Crippen LogP contribution in [0.15, 0.2) is 54.6 Å². The monoisotopic (exact) mass is 279 g/mol. The third kappa shape index (κ3) is 2.80. The molecular weight excluding hydrogens is 258 g/mol. The van der Waals surface area contributed by atoms with Crippen LogP contribution in [0.1, 0.15) is 31.1 Å². The molecule has 0 saturated carbocycles. The number of aromatic nitrogens is 1. The number of para-hydroxylation sites is 1. The summed E-state index contributed by atoms with van der Waals surface area (Å²) in [5.74, 6) is 0.918. The number of benzene rings is 2. The SMILES string of the molecule is Cc1ccc(OCc2cc3ccccc3n2C(C)C)cc1. The lowest BCUT2D eigenvalue weighted by Gasteiger charge is -2.15. The van der Waals surface area contributed by atoms with Gasteiger partial charge in [0, 0.05) is 11.6 Å². The van der Waals surface area contributed by atoms with Gasteiger partial charge in [0.1, 0.15) is 12.4 Å². The predicted octanol–water partition coefficient (Wildman–Crippen LogP) is 5.11. The summed E-state index contributed by atoms with van der Waals surface area (Å²) in [6.07, 6.45) is 0. The lowest BCUT2D eigenvalue weighted by atomic mass is 10.2. The number of hydrogen-bond acceptors (Lipinski definition) is 1. The maximum absolute atomic E-state index is 5.95. The number of ether oxygens (including phenoxy) is 1. The second kappa shape index (κ2) is 5.65. The van der Waals surface area contributed by atoms with Gasteiger partial charge in [0.25, 0.3) is 0 Å². The first-order valence-electron chi connectivity index (χ1n) is 7.43. The minimum atomic E-state index is 0.418. The molecule has 0 N–H and O–H groups in total. The first-order valence-corrected chi connectivity index (χ1v) is 7.43. The van der Waals surface area contributed by atoms with Crippen molar-refractivity contribution in [3.8, 4) is 5.75 Å². The van der Waals surface area contributed by atoms with Gasteiger partial charge in [-0.05, 0) is 50.4 Å². The van der Waals surface area contributed by atoms with Crippen LogP contribution in [0, 0.1) is 6.92 Å². The summed E-state index contributed by atoms with van der Waals surface area (Å²) in [5.41, 5.74) is 3.74. The molecule has 0 spiro atoms. The highest BCUT2D eigenvalue weighted by molar-refractivity contribution is 5.81. The van der Waals surface area contributed by atoms with Gasteiger partial charge >= 0.3 is 0 Å². The Morgan fingerprint density at radius 1 is 1.00 bits per heavy atom. The van der Waals surface area contributed by atoms with Crippen molar-refractivity contribution < 1.29 is 4.74 Å². The molecule has 1 aromatic heterocycles. The van der Waals surface area contributed by atoms with Crippen molar-refractivity contribution in [2.24, 2.45) is 0 Å². The summed E-state index contributed by atoms with van der Waals surface area (Å²) in [7, 11) is 0. The predicted molar refractivity (Wildman–Crippen MR) is 87.8 cm³/mol. The molecule has 0 aliphatic rings. The van der Waals surface area contributed by atoms with Crippen molar-refractivity contribution in [3.63, 3.8) is 0 Å². The lowest BCUT2D eigenvalue weighted by Crippen LogP contribution is -2.08. The van der Waals surface area contributed by atoms with Gasteiger partial charge in [0.2, 0.25) is 0 Å². The van der Waals surface area contributed by atoms with Crippen molar-refractivity contribution >= 4 is 10.9 Å². The third-order valence-electron chi connectivity index (χ3n) is 3.75. The van der Waals surface area contributed by atoms with E-state index in [1.54, 1.807) is 0 Å². The molecule has 2 nitrogen and oxygen atoms in total. The molecule has 0 bridgehead atoms. The maximum atomic E-state index is 5.95. The number of hydrogen-bond donors (Lipinski definition) is 0. The van der Waals surface area contributed by atoms with Gasteiger partial charge in [-0.25, -0.2) is 0 Å². The molecule has 2 heteroatoms. The number of fused-ring (bicyclic) bond motifs is 1. The molecule has 0 aliphatic carbocycles. The second-order valence-corrected chi connectivity index (χ2v) is 5.76. The topological polar surface area (TPSA) is 14.2 Å². The van der Waals surface area contributed by atoms with E-state index in [1.165, 1.54) is 22.2 Å². The summed E-state index contributed by atoms with van der Waals surface area (Å²) in [4.78, 5) is 0. The van der Waals surface area contributed by atoms with Crippen LogP contribution in [-0.2, 0) is 6.61 Å². The standard InChI is InChI=1S/C19H21NO/c1-14(2)20-17(12-16-6-4-5-7-19(16)20)13-21-18-10-8-15(3)9-11-18/h4-12,14H,13H2,1-3H3. The fraction of sp³-hybridized carbons (Fsp3) is 0.263. The molecule has 0 aliphatic heterocycles. The Morgan fingerprint density at radius 3 is 2.43 bits per heavy atom. The Morgan fingerprint density at radius 2 is 1.71 bits per heavy atom. The zero-order chi connectivity index (χ0) is 14.8. The van der Waals surface area contributed by atoms with Gasteiger partial charge in [-0.3, -0.25) is 0 Å². The molecule has 108 valence electrons. The minimum absolute atomic E-state index is 0.418. The molecule has 0 atom stereocenters. The number of rotatable bonds is 4. The van der Waals surface area contributed by atoms with Crippen LogP contribution >= 0.6 is 0 Å². The van der Waals surface area contributed by atoms with E-state index in [4.69, 9.17) is 4.74 Å². The molecule has 0 fully saturated rings. The fourth-order valence-electron chi connectivity index (χ4n) is 2.75. The molecule has 0 radical (unpaired) electrons. The van der Waals surface area contributed by atoms with Gasteiger partial charge in [-0.2, -0.15) is 0 Å². The average Bonchev–Trinajstić information content (AvgIpc) is 2.85. The van der Waals surface area contributed by atoms with Crippen LogP contribution in [0.2, 0.25) is 0 Å². The van der Waals surface area contributed by atoms with Crippen LogP contribution in [0.3, 0.4) is 0 Å². The molecule has 21 heavy (non-hydrogen) atoms. The first kappa shape index (κ1) is 13.7. The molecule has 2 aromatic carbocycles. The molecule has 0 saturated heterocycles. The summed E-state index contributed by atoms with van der Waals surface area (Å²) in [6, 6.07) is 19.3. The minimum Gasteiger partial charge on any atom is -0.487 e. The fourth-order valence-corrected chi connectivity index (χ4v) is 2.75. The number of aryl methyl sites for hydroxylation is 1. The van der Waals surface area contributed by atoms with E-state index in [-0.39, 0.29) is 0 Å². The second-order valence-electron chi connectivity index (χ2n) is 5.76. The molecule has 3 rings (SSSR count). The van der Waals surface area contributed by atoms with Crippen molar-refractivity contribution in [2.75, 3.05) is 0 Å². The normalized spacial score (nSPS) is 11.2. The van der Waals surface area contributed by atoms with E-state index < -0.39 is 0 Å². The van der Waals surface area contributed by atoms with E-state index in [9.17, 15) is 0 Å². The highest BCUT2D eigenvalue weighted by atomic mass is 16.5. The highest BCUT2D eigenvalue weighted by Crippen LogP contribution is 2.25. The smallest absolute Gasteiger partial charge is 0.128 e. The van der Waals surface area contributed by atoms with Crippen molar-refractivity contribution in [1.82, 2.24) is 4.57 Å². The summed E-state index contributed by atoms with van der Waals surface area (Å²) in [6.45, 7) is 7.10. The van der Waals surface area contributed by atoms with Gasteiger partial charge in [0.15, 0.2) is 0 Å². The van der Waals surface area contributed by atoms with E-state index >= 15 is 0 Å². The van der Waals surface area contributed by atoms with Gasteiger partial charge in [-0.1, -0.05) is 35.9 Å². The van der Waals surface area contributed by atoms with Crippen LogP contribution in [0.5, 0.6) is 5.75 Å². The van der Waals surface area contributed by atoms with E-state index in [0.717, 1.165) is 5.75 Å². The summed E-state index contributed by atoms with van der Waals surface area (Å²) in [5, 5.41) is 1.27. The van der Waals surface area contributed by atoms with E-state index in [0.29, 0.717) is 12.6 Å². The zero-order valence-corrected chi connectivity index (χ0v) is 12.8. The molecule has 0 amide bonds. The zero-order valence-electron chi connectivity index (χ0n) is 12.8. The van der Waals surface area contributed by atoms with Gasteiger partial charge in [0.05, 0.1) is 5.69 Å². The van der Waals surface area contributed by atoms with Gasteiger partial charge in [-0.15, -0.1) is 0 Å². The van der Waals surface area contributed by atoms with Crippen molar-refractivity contribution in [1.29, 1.82) is 0 Å². The van der Waals surface area contributed by atoms with E-state index in [1.807, 2.05) is 12.1 Å². The van der Waals surface area contributed by atoms with Crippen LogP contribution in [0.25, 0.3) is 10.9 Å². The molecule has 3 aromatic rings. The Bertz CT molecular complexity index is 738. The van der Waals surface area contributed by atoms with Gasteiger partial charge < -0.3 is 9.30 Å². The van der Waals surface area contributed by atoms with E-state index in [2.05, 4.69) is 67.8 Å². The average molecular weight is 279 g/mol. The highest BCUT2D eigenvalue weighted by Gasteiger charge is 2.11. The maximum Gasteiger partial charge on any atom is 0.128 e. The Hall–Kier alpha value is -2.22. The van der Waals surface area contributed by atoms with Crippen LogP contribution in [-0.4, -0.2) is 4.57 Å². The quantitative estimate of drug-likeness (QED) is 0.647. The Balaban J connectivity index is 1.89.